The van der Waals surface area contributed by atoms with Crippen molar-refractivity contribution in [1.29, 1.82) is 0 Å². The highest BCUT2D eigenvalue weighted by Gasteiger charge is 2.25. The van der Waals surface area contributed by atoms with Crippen LogP contribution in [-0.4, -0.2) is 33.2 Å². The first kappa shape index (κ1) is 16.3. The zero-order chi connectivity index (χ0) is 17.8. The fourth-order valence-corrected chi connectivity index (χ4v) is 3.02. The van der Waals surface area contributed by atoms with Gasteiger partial charge in [0.2, 0.25) is 11.6 Å². The normalized spacial score (nSPS) is 19.8. The third kappa shape index (κ3) is 3.74. The zero-order valence-corrected chi connectivity index (χ0v) is 14.0. The average Bonchev–Trinajstić information content (AvgIpc) is 3.36. The molecule has 0 saturated heterocycles. The molecule has 1 saturated carbocycles. The van der Waals surface area contributed by atoms with Gasteiger partial charge in [-0.1, -0.05) is 5.16 Å². The Morgan fingerprint density at radius 2 is 2.08 bits per heavy atom. The minimum absolute atomic E-state index is 0.0907. The summed E-state index contributed by atoms with van der Waals surface area (Å²) in [6.45, 7) is 0. The molecule has 4 rings (SSSR count). The van der Waals surface area contributed by atoms with E-state index in [9.17, 15) is 4.79 Å². The Morgan fingerprint density at radius 3 is 2.81 bits per heavy atom. The van der Waals surface area contributed by atoms with Crippen molar-refractivity contribution in [2.45, 2.75) is 37.8 Å². The number of carbonyl (C=O) groups excluding carboxylic acids is 1. The molecule has 1 N–H and O–H groups in total. The van der Waals surface area contributed by atoms with Gasteiger partial charge in [0.15, 0.2) is 11.5 Å². The van der Waals surface area contributed by atoms with Crippen molar-refractivity contribution in [2.24, 2.45) is 0 Å². The molecular weight excluding hydrogens is 336 g/mol. The molecule has 0 spiro atoms. The molecule has 3 heterocycles. The molecule has 0 unspecified atom stereocenters. The van der Waals surface area contributed by atoms with Gasteiger partial charge in [-0.25, -0.2) is 4.98 Å². The highest BCUT2D eigenvalue weighted by Crippen LogP contribution is 2.24. The van der Waals surface area contributed by atoms with E-state index in [1.165, 1.54) is 0 Å². The summed E-state index contributed by atoms with van der Waals surface area (Å²) in [5.41, 5.74) is 0.245. The second kappa shape index (κ2) is 7.38. The Labute approximate surface area is 149 Å². The lowest BCUT2D eigenvalue weighted by Gasteiger charge is -2.28. The van der Waals surface area contributed by atoms with Crippen molar-refractivity contribution in [3.63, 3.8) is 0 Å². The Balaban J connectivity index is 1.28. The Hall–Kier alpha value is -3.16. The van der Waals surface area contributed by atoms with Gasteiger partial charge in [-0.2, -0.15) is 0 Å². The third-order valence-corrected chi connectivity index (χ3v) is 4.34. The molecule has 1 amide bonds. The molecule has 3 aromatic heterocycles. The topological polar surface area (TPSA) is 103 Å². The molecule has 1 fully saturated rings. The van der Waals surface area contributed by atoms with Gasteiger partial charge in [0.1, 0.15) is 6.10 Å². The number of hydrogen-bond acceptors (Lipinski definition) is 7. The maximum Gasteiger partial charge on any atom is 0.273 e. The monoisotopic (exact) mass is 354 g/mol. The van der Waals surface area contributed by atoms with Gasteiger partial charge in [-0.15, -0.1) is 0 Å². The molecule has 134 valence electrons. The lowest BCUT2D eigenvalue weighted by atomic mass is 9.93. The number of aromatic nitrogens is 3. The number of rotatable bonds is 5. The van der Waals surface area contributed by atoms with E-state index in [4.69, 9.17) is 13.7 Å². The molecular formula is C18H18N4O4. The fourth-order valence-electron chi connectivity index (χ4n) is 3.02. The highest BCUT2D eigenvalue weighted by molar-refractivity contribution is 5.93. The van der Waals surface area contributed by atoms with Crippen LogP contribution in [0, 0.1) is 0 Å². The Kier molecular flexibility index (Phi) is 4.63. The van der Waals surface area contributed by atoms with Gasteiger partial charge in [-0.05, 0) is 37.8 Å². The largest absolute Gasteiger partial charge is 0.473 e. The van der Waals surface area contributed by atoms with E-state index in [-0.39, 0.29) is 23.7 Å². The van der Waals surface area contributed by atoms with Crippen LogP contribution in [0.3, 0.4) is 0 Å². The number of amides is 1. The minimum Gasteiger partial charge on any atom is -0.473 e. The maximum atomic E-state index is 12.4. The standard InChI is InChI=1S/C18H18N4O4/c23-18(14-10-16(26-22-14)15-2-1-9-24-15)21-12-3-5-13(6-4-12)25-17-11-19-7-8-20-17/h1-2,7-13H,3-6H2,(H,21,23). The lowest BCUT2D eigenvalue weighted by Crippen LogP contribution is -2.39. The zero-order valence-electron chi connectivity index (χ0n) is 14.0. The Bertz CT molecular complexity index is 839. The molecule has 1 aliphatic carbocycles. The molecule has 3 aromatic rings. The predicted octanol–water partition coefficient (Wildman–Crippen LogP) is 2.84. The number of carbonyl (C=O) groups is 1. The van der Waals surface area contributed by atoms with E-state index in [1.807, 2.05) is 0 Å². The number of nitrogens with one attached hydrogen (secondary N) is 1. The average molecular weight is 354 g/mol. The van der Waals surface area contributed by atoms with Crippen LogP contribution in [0.5, 0.6) is 5.88 Å². The van der Waals surface area contributed by atoms with Gasteiger partial charge >= 0.3 is 0 Å². The SMILES string of the molecule is O=C(NC1CCC(Oc2cnccn2)CC1)c1cc(-c2ccco2)on1. The van der Waals surface area contributed by atoms with E-state index in [2.05, 4.69) is 20.4 Å². The first-order chi connectivity index (χ1) is 12.8. The molecule has 0 radical (unpaired) electrons. The van der Waals surface area contributed by atoms with Crippen LogP contribution in [0.15, 0.2) is 52.0 Å². The summed E-state index contributed by atoms with van der Waals surface area (Å²) in [5.74, 6) is 1.26. The van der Waals surface area contributed by atoms with Crippen LogP contribution in [-0.2, 0) is 0 Å². The van der Waals surface area contributed by atoms with Crippen molar-refractivity contribution < 1.29 is 18.5 Å². The highest BCUT2D eigenvalue weighted by atomic mass is 16.5. The van der Waals surface area contributed by atoms with Gasteiger partial charge in [0.25, 0.3) is 5.91 Å². The van der Waals surface area contributed by atoms with Crippen molar-refractivity contribution >= 4 is 5.91 Å². The lowest BCUT2D eigenvalue weighted by molar-refractivity contribution is 0.0881. The second-order valence-corrected chi connectivity index (χ2v) is 6.16. The minimum atomic E-state index is -0.246. The summed E-state index contributed by atoms with van der Waals surface area (Å²) in [6.07, 6.45) is 9.82. The second-order valence-electron chi connectivity index (χ2n) is 6.16. The van der Waals surface area contributed by atoms with Crippen molar-refractivity contribution in [1.82, 2.24) is 20.4 Å². The summed E-state index contributed by atoms with van der Waals surface area (Å²) in [7, 11) is 0. The number of furan rings is 1. The first-order valence-electron chi connectivity index (χ1n) is 8.52. The van der Waals surface area contributed by atoms with Crippen LogP contribution in [0.2, 0.25) is 0 Å². The summed E-state index contributed by atoms with van der Waals surface area (Å²) in [4.78, 5) is 20.5. The van der Waals surface area contributed by atoms with Gasteiger partial charge in [0.05, 0.1) is 12.5 Å². The van der Waals surface area contributed by atoms with Crippen LogP contribution in [0.4, 0.5) is 0 Å². The fraction of sp³-hybridized carbons (Fsp3) is 0.333. The number of ether oxygens (including phenoxy) is 1. The van der Waals surface area contributed by atoms with Gasteiger partial charge < -0.3 is 19.0 Å². The van der Waals surface area contributed by atoms with Crippen LogP contribution < -0.4 is 10.1 Å². The third-order valence-electron chi connectivity index (χ3n) is 4.34. The molecule has 1 aliphatic rings. The van der Waals surface area contributed by atoms with E-state index in [0.29, 0.717) is 17.4 Å². The smallest absolute Gasteiger partial charge is 0.273 e. The maximum absolute atomic E-state index is 12.4. The summed E-state index contributed by atoms with van der Waals surface area (Å²) in [6, 6.07) is 5.17. The van der Waals surface area contributed by atoms with Gasteiger partial charge in [0, 0.05) is 24.5 Å². The van der Waals surface area contributed by atoms with E-state index < -0.39 is 0 Å². The molecule has 0 atom stereocenters. The van der Waals surface area contributed by atoms with Crippen LogP contribution in [0.25, 0.3) is 11.5 Å². The molecule has 8 nitrogen and oxygen atoms in total. The van der Waals surface area contributed by atoms with Gasteiger partial charge in [-0.3, -0.25) is 9.78 Å². The molecule has 0 aromatic carbocycles. The number of nitrogens with zero attached hydrogens (tertiary/aromatic N) is 3. The predicted molar refractivity (Wildman–Crippen MR) is 90.4 cm³/mol. The molecule has 0 bridgehead atoms. The van der Waals surface area contributed by atoms with Crippen molar-refractivity contribution in [3.8, 4) is 17.4 Å². The summed E-state index contributed by atoms with van der Waals surface area (Å²) >= 11 is 0. The Morgan fingerprint density at radius 1 is 1.19 bits per heavy atom. The quantitative estimate of drug-likeness (QED) is 0.751. The molecule has 26 heavy (non-hydrogen) atoms. The summed E-state index contributed by atoms with van der Waals surface area (Å²) < 4.78 is 16.2. The first-order valence-corrected chi connectivity index (χ1v) is 8.52. The van der Waals surface area contributed by atoms with Crippen molar-refractivity contribution in [2.75, 3.05) is 0 Å². The molecule has 0 aliphatic heterocycles. The van der Waals surface area contributed by atoms with Crippen LogP contribution in [0.1, 0.15) is 36.2 Å². The van der Waals surface area contributed by atoms with E-state index in [1.54, 1.807) is 43.1 Å². The molecule has 8 heteroatoms. The van der Waals surface area contributed by atoms with E-state index in [0.717, 1.165) is 25.7 Å². The van der Waals surface area contributed by atoms with Crippen LogP contribution >= 0.6 is 0 Å². The van der Waals surface area contributed by atoms with Crippen molar-refractivity contribution in [3.05, 3.63) is 48.7 Å². The summed E-state index contributed by atoms with van der Waals surface area (Å²) in [5, 5.41) is 6.82. The number of hydrogen-bond donors (Lipinski definition) is 1. The van der Waals surface area contributed by atoms with E-state index >= 15 is 0 Å².